The van der Waals surface area contributed by atoms with Crippen molar-refractivity contribution >= 4 is 46.6 Å². The van der Waals surface area contributed by atoms with Gasteiger partial charge in [-0.25, -0.2) is 0 Å². The molecule has 2 amide bonds. The predicted molar refractivity (Wildman–Crippen MR) is 120 cm³/mol. The Bertz CT molecular complexity index is 853. The minimum Gasteiger partial charge on any atom is -0.352 e. The van der Waals surface area contributed by atoms with Gasteiger partial charge in [-0.05, 0) is 44.0 Å². The molecule has 2 atom stereocenters. The Morgan fingerprint density at radius 1 is 0.966 bits per heavy atom. The maximum absolute atomic E-state index is 13.2. The first-order valence-electron chi connectivity index (χ1n) is 9.50. The highest BCUT2D eigenvalue weighted by atomic mass is 35.5. The van der Waals surface area contributed by atoms with E-state index in [0.29, 0.717) is 26.2 Å². The number of nitrogens with zero attached hydrogens (tertiary/aromatic N) is 1. The van der Waals surface area contributed by atoms with Gasteiger partial charge in [0.05, 0.1) is 6.42 Å². The second-order valence-corrected chi connectivity index (χ2v) is 8.21. The fourth-order valence-electron chi connectivity index (χ4n) is 2.81. The molecule has 29 heavy (non-hydrogen) atoms. The SMILES string of the molecule is CC[C@H](C)NC(=O)[C@@H](C)N(Cc1c(Cl)cccc1Cl)C(=O)Cc1ccccc1Cl. The number of benzene rings is 2. The summed E-state index contributed by atoms with van der Waals surface area (Å²) in [4.78, 5) is 27.4. The maximum atomic E-state index is 13.2. The van der Waals surface area contributed by atoms with E-state index in [1.165, 1.54) is 4.90 Å². The maximum Gasteiger partial charge on any atom is 0.242 e. The summed E-state index contributed by atoms with van der Waals surface area (Å²) in [5, 5.41) is 4.33. The molecule has 0 aliphatic rings. The van der Waals surface area contributed by atoms with Gasteiger partial charge in [0.1, 0.15) is 6.04 Å². The molecule has 0 saturated carbocycles. The zero-order valence-electron chi connectivity index (χ0n) is 16.7. The summed E-state index contributed by atoms with van der Waals surface area (Å²) in [5.41, 5.74) is 1.30. The molecule has 0 saturated heterocycles. The standard InChI is InChI=1S/C22H25Cl3N2O2/c1-4-14(2)26-22(29)15(3)27(13-17-19(24)10-7-11-20(17)25)21(28)12-16-8-5-6-9-18(16)23/h5-11,14-15H,4,12-13H2,1-3H3,(H,26,29)/t14-,15+/m0/s1. The van der Waals surface area contributed by atoms with E-state index in [4.69, 9.17) is 34.8 Å². The van der Waals surface area contributed by atoms with Crippen molar-refractivity contribution in [3.63, 3.8) is 0 Å². The average molecular weight is 456 g/mol. The van der Waals surface area contributed by atoms with Gasteiger partial charge < -0.3 is 10.2 Å². The molecular formula is C22H25Cl3N2O2. The Morgan fingerprint density at radius 2 is 1.55 bits per heavy atom. The molecule has 0 fully saturated rings. The summed E-state index contributed by atoms with van der Waals surface area (Å²) in [6.45, 7) is 5.73. The van der Waals surface area contributed by atoms with Crippen LogP contribution in [0.4, 0.5) is 0 Å². The molecule has 7 heteroatoms. The van der Waals surface area contributed by atoms with Crippen LogP contribution >= 0.6 is 34.8 Å². The van der Waals surface area contributed by atoms with Crippen molar-refractivity contribution in [3.05, 3.63) is 68.7 Å². The summed E-state index contributed by atoms with van der Waals surface area (Å²) >= 11 is 18.8. The predicted octanol–water partition coefficient (Wildman–Crippen LogP) is 5.52. The zero-order chi connectivity index (χ0) is 21.6. The molecule has 0 aliphatic carbocycles. The molecule has 1 N–H and O–H groups in total. The molecule has 4 nitrogen and oxygen atoms in total. The number of carbonyl (C=O) groups excluding carboxylic acids is 2. The lowest BCUT2D eigenvalue weighted by molar-refractivity contribution is -0.140. The zero-order valence-corrected chi connectivity index (χ0v) is 19.0. The van der Waals surface area contributed by atoms with Crippen molar-refractivity contribution in [3.8, 4) is 0 Å². The third-order valence-electron chi connectivity index (χ3n) is 4.86. The Balaban J connectivity index is 2.32. The number of rotatable bonds is 8. The number of halogens is 3. The van der Waals surface area contributed by atoms with Crippen LogP contribution in [0.25, 0.3) is 0 Å². The molecule has 0 radical (unpaired) electrons. The molecular weight excluding hydrogens is 431 g/mol. The van der Waals surface area contributed by atoms with Gasteiger partial charge in [-0.1, -0.05) is 66.0 Å². The molecule has 0 bridgehead atoms. The molecule has 0 aromatic heterocycles. The van der Waals surface area contributed by atoms with Crippen LogP contribution in [0.1, 0.15) is 38.3 Å². The molecule has 0 aliphatic heterocycles. The van der Waals surface area contributed by atoms with Crippen molar-refractivity contribution < 1.29 is 9.59 Å². The minimum absolute atomic E-state index is 0.00868. The number of hydrogen-bond acceptors (Lipinski definition) is 2. The fourth-order valence-corrected chi connectivity index (χ4v) is 3.53. The van der Waals surface area contributed by atoms with E-state index in [1.807, 2.05) is 19.9 Å². The lowest BCUT2D eigenvalue weighted by Crippen LogP contribution is -2.50. The summed E-state index contributed by atoms with van der Waals surface area (Å²) in [5.74, 6) is -0.462. The number of carbonyl (C=O) groups is 2. The highest BCUT2D eigenvalue weighted by molar-refractivity contribution is 6.36. The second-order valence-electron chi connectivity index (χ2n) is 6.98. The van der Waals surface area contributed by atoms with Crippen LogP contribution in [0, 0.1) is 0 Å². The van der Waals surface area contributed by atoms with Crippen LogP contribution in [-0.2, 0) is 22.6 Å². The Labute approximate surface area is 187 Å². The third kappa shape index (κ3) is 6.36. The van der Waals surface area contributed by atoms with E-state index < -0.39 is 6.04 Å². The molecule has 0 heterocycles. The van der Waals surface area contributed by atoms with Gasteiger partial charge in [-0.3, -0.25) is 9.59 Å². The summed E-state index contributed by atoms with van der Waals surface area (Å²) in [6, 6.07) is 11.6. The quantitative estimate of drug-likeness (QED) is 0.569. The summed E-state index contributed by atoms with van der Waals surface area (Å²) in [6.07, 6.45) is 0.866. The number of hydrogen-bond donors (Lipinski definition) is 1. The van der Waals surface area contributed by atoms with E-state index in [9.17, 15) is 9.59 Å². The molecule has 2 aromatic rings. The van der Waals surface area contributed by atoms with Crippen LogP contribution in [0.3, 0.4) is 0 Å². The van der Waals surface area contributed by atoms with Crippen molar-refractivity contribution in [2.75, 3.05) is 0 Å². The topological polar surface area (TPSA) is 49.4 Å². The minimum atomic E-state index is -0.702. The number of amides is 2. The monoisotopic (exact) mass is 454 g/mol. The first-order chi connectivity index (χ1) is 13.7. The highest BCUT2D eigenvalue weighted by Crippen LogP contribution is 2.27. The van der Waals surface area contributed by atoms with Crippen LogP contribution in [0.2, 0.25) is 15.1 Å². The lowest BCUT2D eigenvalue weighted by atomic mass is 10.1. The first kappa shape index (κ1) is 23.5. The van der Waals surface area contributed by atoms with Crippen molar-refractivity contribution in [2.45, 2.75) is 52.2 Å². The van der Waals surface area contributed by atoms with Gasteiger partial charge in [0.15, 0.2) is 0 Å². The van der Waals surface area contributed by atoms with Gasteiger partial charge in [-0.2, -0.15) is 0 Å². The lowest BCUT2D eigenvalue weighted by Gasteiger charge is -2.30. The van der Waals surface area contributed by atoms with E-state index in [0.717, 1.165) is 6.42 Å². The molecule has 0 unspecified atom stereocenters. The van der Waals surface area contributed by atoms with Crippen molar-refractivity contribution in [2.24, 2.45) is 0 Å². The first-order valence-corrected chi connectivity index (χ1v) is 10.6. The molecule has 0 spiro atoms. The summed E-state index contributed by atoms with van der Waals surface area (Å²) < 4.78 is 0. The van der Waals surface area contributed by atoms with E-state index in [1.54, 1.807) is 43.3 Å². The van der Waals surface area contributed by atoms with E-state index >= 15 is 0 Å². The molecule has 2 aromatic carbocycles. The largest absolute Gasteiger partial charge is 0.352 e. The second kappa shape index (κ2) is 10.9. The third-order valence-corrected chi connectivity index (χ3v) is 5.93. The van der Waals surface area contributed by atoms with Crippen molar-refractivity contribution in [1.29, 1.82) is 0 Å². The van der Waals surface area contributed by atoms with E-state index in [-0.39, 0.29) is 30.8 Å². The number of nitrogens with one attached hydrogen (secondary N) is 1. The highest BCUT2D eigenvalue weighted by Gasteiger charge is 2.28. The Hall–Kier alpha value is -1.75. The van der Waals surface area contributed by atoms with E-state index in [2.05, 4.69) is 5.32 Å². The van der Waals surface area contributed by atoms with Gasteiger partial charge in [0, 0.05) is 33.2 Å². The Kier molecular flexibility index (Phi) is 8.81. The molecule has 156 valence electrons. The molecule has 2 rings (SSSR count). The summed E-state index contributed by atoms with van der Waals surface area (Å²) in [7, 11) is 0. The Morgan fingerprint density at radius 3 is 2.14 bits per heavy atom. The average Bonchev–Trinajstić information content (AvgIpc) is 2.68. The van der Waals surface area contributed by atoms with Crippen LogP contribution in [-0.4, -0.2) is 28.8 Å². The van der Waals surface area contributed by atoms with Gasteiger partial charge in [0.25, 0.3) is 0 Å². The fraction of sp³-hybridized carbons (Fsp3) is 0.364. The van der Waals surface area contributed by atoms with Gasteiger partial charge in [-0.15, -0.1) is 0 Å². The van der Waals surface area contributed by atoms with Crippen molar-refractivity contribution in [1.82, 2.24) is 10.2 Å². The van der Waals surface area contributed by atoms with Crippen LogP contribution < -0.4 is 5.32 Å². The van der Waals surface area contributed by atoms with Gasteiger partial charge in [0.2, 0.25) is 11.8 Å². The smallest absolute Gasteiger partial charge is 0.242 e. The van der Waals surface area contributed by atoms with Crippen LogP contribution in [0.5, 0.6) is 0 Å². The normalized spacial score (nSPS) is 12.9. The van der Waals surface area contributed by atoms with Crippen LogP contribution in [0.15, 0.2) is 42.5 Å². The van der Waals surface area contributed by atoms with Gasteiger partial charge >= 0.3 is 0 Å².